The van der Waals surface area contributed by atoms with Gasteiger partial charge in [0.2, 0.25) is 0 Å². The van der Waals surface area contributed by atoms with Crippen LogP contribution in [0.3, 0.4) is 0 Å². The summed E-state index contributed by atoms with van der Waals surface area (Å²) in [6.07, 6.45) is 5.02. The number of aliphatic carboxylic acids is 1. The summed E-state index contributed by atoms with van der Waals surface area (Å²) >= 11 is 0. The first-order chi connectivity index (χ1) is 12.5. The highest BCUT2D eigenvalue weighted by atomic mass is 16.5. The second-order valence-corrected chi connectivity index (χ2v) is 7.44. The van der Waals surface area contributed by atoms with Crippen molar-refractivity contribution >= 4 is 11.9 Å². The lowest BCUT2D eigenvalue weighted by atomic mass is 9.85. The second-order valence-electron chi connectivity index (χ2n) is 7.44. The van der Waals surface area contributed by atoms with Crippen LogP contribution in [0.1, 0.15) is 38.2 Å². The standard InChI is InChI=1S/C20H28N2O4/c1-2-14-5-7-18(8-6-14)26-13-19(23)21-16-9-17(10-16)22(12-20(24)25)11-15-3-4-15/h5-8,15-17H,2-4,9-13H2,1H3,(H,21,23)(H,24,25). The lowest BCUT2D eigenvalue weighted by Gasteiger charge is -2.42. The van der Waals surface area contributed by atoms with E-state index in [1.54, 1.807) is 0 Å². The van der Waals surface area contributed by atoms with Crippen molar-refractivity contribution in [2.24, 2.45) is 5.92 Å². The molecule has 2 aliphatic carbocycles. The molecule has 0 aromatic heterocycles. The summed E-state index contributed by atoms with van der Waals surface area (Å²) in [6, 6.07) is 8.15. The number of carboxylic acids is 1. The third-order valence-electron chi connectivity index (χ3n) is 5.22. The number of rotatable bonds is 10. The molecule has 2 fully saturated rings. The van der Waals surface area contributed by atoms with E-state index in [2.05, 4.69) is 17.1 Å². The van der Waals surface area contributed by atoms with Crippen molar-refractivity contribution < 1.29 is 19.4 Å². The first-order valence-corrected chi connectivity index (χ1v) is 9.50. The molecule has 1 amide bonds. The Morgan fingerprint density at radius 1 is 1.23 bits per heavy atom. The van der Waals surface area contributed by atoms with E-state index in [0.717, 1.165) is 25.8 Å². The molecule has 0 bridgehead atoms. The van der Waals surface area contributed by atoms with Crippen molar-refractivity contribution in [1.29, 1.82) is 0 Å². The zero-order valence-corrected chi connectivity index (χ0v) is 15.3. The van der Waals surface area contributed by atoms with Crippen molar-refractivity contribution in [3.63, 3.8) is 0 Å². The van der Waals surface area contributed by atoms with Gasteiger partial charge in [-0.2, -0.15) is 0 Å². The molecule has 0 atom stereocenters. The highest BCUT2D eigenvalue weighted by Gasteiger charge is 2.37. The number of nitrogens with zero attached hydrogens (tertiary/aromatic N) is 1. The predicted molar refractivity (Wildman–Crippen MR) is 98.2 cm³/mol. The number of ether oxygens (including phenoxy) is 1. The normalized spacial score (nSPS) is 21.9. The van der Waals surface area contributed by atoms with Crippen LogP contribution in [0.4, 0.5) is 0 Å². The Bertz CT molecular complexity index is 621. The molecule has 26 heavy (non-hydrogen) atoms. The van der Waals surface area contributed by atoms with E-state index in [0.29, 0.717) is 11.7 Å². The maximum Gasteiger partial charge on any atom is 0.317 e. The molecule has 1 aromatic carbocycles. The Morgan fingerprint density at radius 2 is 1.92 bits per heavy atom. The van der Waals surface area contributed by atoms with Crippen molar-refractivity contribution in [3.8, 4) is 5.75 Å². The molecule has 1 aromatic rings. The maximum absolute atomic E-state index is 12.0. The number of amides is 1. The third kappa shape index (κ3) is 5.46. The minimum absolute atomic E-state index is 0.00749. The van der Waals surface area contributed by atoms with Crippen molar-refractivity contribution in [1.82, 2.24) is 10.2 Å². The maximum atomic E-state index is 12.0. The van der Waals surface area contributed by atoms with E-state index in [1.165, 1.54) is 18.4 Å². The highest BCUT2D eigenvalue weighted by molar-refractivity contribution is 5.78. The molecule has 3 rings (SSSR count). The summed E-state index contributed by atoms with van der Waals surface area (Å²) in [6.45, 7) is 3.07. The number of carboxylic acid groups (broad SMARTS) is 1. The average Bonchev–Trinajstić information content (AvgIpc) is 3.39. The quantitative estimate of drug-likeness (QED) is 0.668. The van der Waals surface area contributed by atoms with E-state index >= 15 is 0 Å². The molecule has 0 spiro atoms. The summed E-state index contributed by atoms with van der Waals surface area (Å²) in [5.41, 5.74) is 1.24. The van der Waals surface area contributed by atoms with E-state index in [-0.39, 0.29) is 31.1 Å². The number of carbonyl (C=O) groups is 2. The summed E-state index contributed by atoms with van der Waals surface area (Å²) < 4.78 is 5.52. The lowest BCUT2D eigenvalue weighted by Crippen LogP contribution is -2.55. The molecular weight excluding hydrogens is 332 g/mol. The van der Waals surface area contributed by atoms with Gasteiger partial charge in [-0.3, -0.25) is 14.5 Å². The van der Waals surface area contributed by atoms with Gasteiger partial charge in [0, 0.05) is 18.6 Å². The Hall–Kier alpha value is -2.08. The Morgan fingerprint density at radius 3 is 2.50 bits per heavy atom. The van der Waals surface area contributed by atoms with Crippen LogP contribution >= 0.6 is 0 Å². The van der Waals surface area contributed by atoms with Crippen LogP contribution in [-0.2, 0) is 16.0 Å². The van der Waals surface area contributed by atoms with Crippen LogP contribution in [0.25, 0.3) is 0 Å². The van der Waals surface area contributed by atoms with E-state index in [4.69, 9.17) is 9.84 Å². The molecule has 2 saturated carbocycles. The van der Waals surface area contributed by atoms with Gasteiger partial charge in [0.15, 0.2) is 6.61 Å². The van der Waals surface area contributed by atoms with Crippen LogP contribution in [0, 0.1) is 5.92 Å². The van der Waals surface area contributed by atoms with Gasteiger partial charge < -0.3 is 15.2 Å². The first kappa shape index (κ1) is 18.7. The minimum atomic E-state index is -0.777. The summed E-state index contributed by atoms with van der Waals surface area (Å²) in [5.74, 6) is 0.456. The van der Waals surface area contributed by atoms with Crippen molar-refractivity contribution in [2.75, 3.05) is 19.7 Å². The van der Waals surface area contributed by atoms with Gasteiger partial charge in [-0.05, 0) is 55.7 Å². The number of hydrogen-bond donors (Lipinski definition) is 2. The topological polar surface area (TPSA) is 78.9 Å². The Balaban J connectivity index is 1.37. The van der Waals surface area contributed by atoms with E-state index in [1.807, 2.05) is 24.3 Å². The van der Waals surface area contributed by atoms with Crippen LogP contribution in [0.5, 0.6) is 5.75 Å². The fourth-order valence-electron chi connectivity index (χ4n) is 3.39. The average molecular weight is 360 g/mol. The number of nitrogens with one attached hydrogen (secondary N) is 1. The lowest BCUT2D eigenvalue weighted by molar-refractivity contribution is -0.140. The number of benzene rings is 1. The van der Waals surface area contributed by atoms with Gasteiger partial charge >= 0.3 is 5.97 Å². The molecule has 0 heterocycles. The molecule has 6 nitrogen and oxygen atoms in total. The number of carbonyl (C=O) groups excluding carboxylic acids is 1. The second kappa shape index (κ2) is 8.54. The number of hydrogen-bond acceptors (Lipinski definition) is 4. The van der Waals surface area contributed by atoms with Gasteiger partial charge in [-0.1, -0.05) is 19.1 Å². The first-order valence-electron chi connectivity index (χ1n) is 9.50. The number of aryl methyl sites for hydroxylation is 1. The molecule has 6 heteroatoms. The van der Waals surface area contributed by atoms with Crippen LogP contribution in [-0.4, -0.2) is 53.7 Å². The van der Waals surface area contributed by atoms with Crippen LogP contribution in [0.15, 0.2) is 24.3 Å². The molecule has 2 N–H and O–H groups in total. The van der Waals surface area contributed by atoms with Gasteiger partial charge in [0.1, 0.15) is 5.75 Å². The van der Waals surface area contributed by atoms with E-state index < -0.39 is 5.97 Å². The summed E-state index contributed by atoms with van der Waals surface area (Å²) in [7, 11) is 0. The van der Waals surface area contributed by atoms with Gasteiger partial charge in [-0.25, -0.2) is 0 Å². The molecule has 142 valence electrons. The van der Waals surface area contributed by atoms with Gasteiger partial charge in [-0.15, -0.1) is 0 Å². The summed E-state index contributed by atoms with van der Waals surface area (Å²) in [5, 5.41) is 12.1. The molecular formula is C20H28N2O4. The molecule has 2 aliphatic rings. The van der Waals surface area contributed by atoms with Gasteiger partial charge in [0.05, 0.1) is 6.54 Å². The molecule has 0 aliphatic heterocycles. The zero-order chi connectivity index (χ0) is 18.5. The van der Waals surface area contributed by atoms with Gasteiger partial charge in [0.25, 0.3) is 5.91 Å². The third-order valence-corrected chi connectivity index (χ3v) is 5.22. The Labute approximate surface area is 154 Å². The SMILES string of the molecule is CCc1ccc(OCC(=O)NC2CC(N(CC(=O)O)CC3CC3)C2)cc1. The fraction of sp³-hybridized carbons (Fsp3) is 0.600. The minimum Gasteiger partial charge on any atom is -0.484 e. The van der Waals surface area contributed by atoms with Crippen molar-refractivity contribution in [2.45, 2.75) is 51.1 Å². The smallest absolute Gasteiger partial charge is 0.317 e. The molecule has 0 saturated heterocycles. The Kier molecular flexibility index (Phi) is 6.14. The highest BCUT2D eigenvalue weighted by Crippen LogP contribution is 2.33. The fourth-order valence-corrected chi connectivity index (χ4v) is 3.39. The molecule has 0 unspecified atom stereocenters. The predicted octanol–water partition coefficient (Wildman–Crippen LogP) is 2.07. The van der Waals surface area contributed by atoms with Crippen molar-refractivity contribution in [3.05, 3.63) is 29.8 Å². The summed E-state index contributed by atoms with van der Waals surface area (Å²) in [4.78, 5) is 25.2. The van der Waals surface area contributed by atoms with Crippen LogP contribution in [0.2, 0.25) is 0 Å². The zero-order valence-electron chi connectivity index (χ0n) is 15.3. The largest absolute Gasteiger partial charge is 0.484 e. The van der Waals surface area contributed by atoms with E-state index in [9.17, 15) is 9.59 Å². The molecule has 0 radical (unpaired) electrons. The monoisotopic (exact) mass is 360 g/mol. The van der Waals surface area contributed by atoms with Crippen LogP contribution < -0.4 is 10.1 Å².